The third-order valence-corrected chi connectivity index (χ3v) is 3.46. The van der Waals surface area contributed by atoms with Gasteiger partial charge in [0.25, 0.3) is 0 Å². The molecule has 1 saturated carbocycles. The van der Waals surface area contributed by atoms with E-state index in [-0.39, 0.29) is 11.6 Å². The van der Waals surface area contributed by atoms with Crippen LogP contribution in [0.4, 0.5) is 10.5 Å². The Kier molecular flexibility index (Phi) is 4.04. The molecule has 0 bridgehead atoms. The van der Waals surface area contributed by atoms with Gasteiger partial charge in [0.05, 0.1) is 5.56 Å². The van der Waals surface area contributed by atoms with Crippen molar-refractivity contribution < 1.29 is 14.7 Å². The van der Waals surface area contributed by atoms with Gasteiger partial charge in [-0.25, -0.2) is 9.59 Å². The minimum Gasteiger partial charge on any atom is -0.478 e. The second-order valence-corrected chi connectivity index (χ2v) is 4.99. The average Bonchev–Trinajstić information content (AvgIpc) is 2.33. The van der Waals surface area contributed by atoms with Crippen LogP contribution < -0.4 is 5.32 Å². The number of carboxylic acid groups (broad SMARTS) is 1. The lowest BCUT2D eigenvalue weighted by Gasteiger charge is -2.30. The number of nitrogens with zero attached hydrogens (tertiary/aromatic N) is 1. The Morgan fingerprint density at radius 1 is 1.42 bits per heavy atom. The van der Waals surface area contributed by atoms with Crippen LogP contribution in [-0.4, -0.2) is 35.6 Å². The lowest BCUT2D eigenvalue weighted by atomic mass is 9.85. The highest BCUT2D eigenvalue weighted by Gasteiger charge is 2.21. The molecule has 2 amide bonds. The van der Waals surface area contributed by atoms with Crippen LogP contribution in [0.1, 0.15) is 29.6 Å². The summed E-state index contributed by atoms with van der Waals surface area (Å²) >= 11 is 0. The molecule has 0 heterocycles. The highest BCUT2D eigenvalue weighted by molar-refractivity contribution is 5.93. The largest absolute Gasteiger partial charge is 0.478 e. The van der Waals surface area contributed by atoms with Crippen molar-refractivity contribution in [3.63, 3.8) is 0 Å². The zero-order chi connectivity index (χ0) is 13.8. The maximum absolute atomic E-state index is 11.9. The summed E-state index contributed by atoms with van der Waals surface area (Å²) < 4.78 is 0. The molecule has 0 saturated heterocycles. The van der Waals surface area contributed by atoms with Gasteiger partial charge in [0.1, 0.15) is 0 Å². The molecule has 5 heteroatoms. The van der Waals surface area contributed by atoms with Crippen molar-refractivity contribution in [2.45, 2.75) is 19.3 Å². The SMILES string of the molecule is CN(CC1CCC1)C(=O)Nc1cccc(C(=O)O)c1. The summed E-state index contributed by atoms with van der Waals surface area (Å²) in [7, 11) is 1.76. The Labute approximate surface area is 112 Å². The number of hydrogen-bond donors (Lipinski definition) is 2. The molecule has 0 radical (unpaired) electrons. The normalized spacial score (nSPS) is 14.6. The van der Waals surface area contributed by atoms with Crippen molar-refractivity contribution in [3.05, 3.63) is 29.8 Å². The lowest BCUT2D eigenvalue weighted by Crippen LogP contribution is -2.37. The molecule has 0 atom stereocenters. The Morgan fingerprint density at radius 2 is 2.16 bits per heavy atom. The van der Waals surface area contributed by atoms with Gasteiger partial charge in [-0.2, -0.15) is 0 Å². The van der Waals surface area contributed by atoms with Crippen LogP contribution in [0, 0.1) is 5.92 Å². The number of hydrogen-bond acceptors (Lipinski definition) is 2. The minimum absolute atomic E-state index is 0.166. The molecule has 1 aliphatic carbocycles. The molecule has 1 aromatic carbocycles. The van der Waals surface area contributed by atoms with Crippen molar-refractivity contribution in [1.82, 2.24) is 4.90 Å². The Bertz CT molecular complexity index is 483. The van der Waals surface area contributed by atoms with Gasteiger partial charge in [0.15, 0.2) is 0 Å². The molecule has 1 aliphatic rings. The zero-order valence-corrected chi connectivity index (χ0v) is 10.9. The van der Waals surface area contributed by atoms with Gasteiger partial charge >= 0.3 is 12.0 Å². The Morgan fingerprint density at radius 3 is 2.74 bits per heavy atom. The van der Waals surface area contributed by atoms with Gasteiger partial charge in [-0.05, 0) is 37.0 Å². The van der Waals surface area contributed by atoms with E-state index in [1.807, 2.05) is 0 Å². The molecule has 2 N–H and O–H groups in total. The molecule has 0 unspecified atom stereocenters. The summed E-state index contributed by atoms with van der Waals surface area (Å²) in [6, 6.07) is 6.05. The number of benzene rings is 1. The Balaban J connectivity index is 1.93. The van der Waals surface area contributed by atoms with Crippen molar-refractivity contribution in [3.8, 4) is 0 Å². The van der Waals surface area contributed by atoms with Crippen LogP contribution in [0.15, 0.2) is 24.3 Å². The fourth-order valence-corrected chi connectivity index (χ4v) is 2.09. The number of amides is 2. The van der Waals surface area contributed by atoms with E-state index in [1.165, 1.54) is 31.4 Å². The van der Waals surface area contributed by atoms with Crippen molar-refractivity contribution in [2.75, 3.05) is 18.9 Å². The Hall–Kier alpha value is -2.04. The van der Waals surface area contributed by atoms with E-state index in [0.717, 1.165) is 6.54 Å². The summed E-state index contributed by atoms with van der Waals surface area (Å²) in [6.07, 6.45) is 3.62. The molecule has 1 aromatic rings. The average molecular weight is 262 g/mol. The number of rotatable bonds is 4. The molecule has 0 aliphatic heterocycles. The van der Waals surface area contributed by atoms with Gasteiger partial charge in [-0.3, -0.25) is 0 Å². The number of aromatic carboxylic acids is 1. The predicted molar refractivity (Wildman–Crippen MR) is 72.4 cm³/mol. The number of urea groups is 1. The summed E-state index contributed by atoms with van der Waals surface area (Å²) in [4.78, 5) is 24.4. The number of carbonyl (C=O) groups is 2. The first-order valence-corrected chi connectivity index (χ1v) is 6.42. The predicted octanol–water partition coefficient (Wildman–Crippen LogP) is 2.65. The van der Waals surface area contributed by atoms with Gasteiger partial charge in [-0.15, -0.1) is 0 Å². The number of carbonyl (C=O) groups excluding carboxylic acids is 1. The monoisotopic (exact) mass is 262 g/mol. The molecule has 5 nitrogen and oxygen atoms in total. The van der Waals surface area contributed by atoms with Crippen LogP contribution >= 0.6 is 0 Å². The van der Waals surface area contributed by atoms with E-state index < -0.39 is 5.97 Å². The molecule has 0 aromatic heterocycles. The number of carboxylic acids is 1. The van der Waals surface area contributed by atoms with Crippen LogP contribution in [0.2, 0.25) is 0 Å². The maximum Gasteiger partial charge on any atom is 0.335 e. The highest BCUT2D eigenvalue weighted by Crippen LogP contribution is 2.26. The maximum atomic E-state index is 11.9. The summed E-state index contributed by atoms with van der Waals surface area (Å²) in [6.45, 7) is 0.754. The third kappa shape index (κ3) is 3.47. The zero-order valence-electron chi connectivity index (χ0n) is 10.9. The molecule has 1 fully saturated rings. The van der Waals surface area contributed by atoms with Crippen molar-refractivity contribution in [2.24, 2.45) is 5.92 Å². The minimum atomic E-state index is -1.00. The first kappa shape index (κ1) is 13.4. The standard InChI is InChI=1S/C14H18N2O3/c1-16(9-10-4-2-5-10)14(19)15-12-7-3-6-11(8-12)13(17)18/h3,6-8,10H,2,4-5,9H2,1H3,(H,15,19)(H,17,18). The highest BCUT2D eigenvalue weighted by atomic mass is 16.4. The second-order valence-electron chi connectivity index (χ2n) is 4.99. The summed E-state index contributed by atoms with van der Waals surface area (Å²) in [5.41, 5.74) is 0.671. The van der Waals surface area contributed by atoms with E-state index in [1.54, 1.807) is 24.1 Å². The fraction of sp³-hybridized carbons (Fsp3) is 0.429. The van der Waals surface area contributed by atoms with Gasteiger partial charge in [-0.1, -0.05) is 12.5 Å². The van der Waals surface area contributed by atoms with E-state index in [9.17, 15) is 9.59 Å². The van der Waals surface area contributed by atoms with Gasteiger partial charge in [0.2, 0.25) is 0 Å². The number of nitrogens with one attached hydrogen (secondary N) is 1. The first-order chi connectivity index (χ1) is 9.06. The fourth-order valence-electron chi connectivity index (χ4n) is 2.09. The molecule has 102 valence electrons. The second kappa shape index (κ2) is 5.73. The lowest BCUT2D eigenvalue weighted by molar-refractivity contribution is 0.0697. The van der Waals surface area contributed by atoms with Gasteiger partial charge in [0, 0.05) is 19.3 Å². The van der Waals surface area contributed by atoms with E-state index in [2.05, 4.69) is 5.32 Å². The molecular formula is C14H18N2O3. The summed E-state index contributed by atoms with van der Waals surface area (Å²) in [5, 5.41) is 11.6. The van der Waals surface area contributed by atoms with Crippen molar-refractivity contribution in [1.29, 1.82) is 0 Å². The van der Waals surface area contributed by atoms with Crippen LogP contribution in [0.3, 0.4) is 0 Å². The quantitative estimate of drug-likeness (QED) is 0.876. The third-order valence-electron chi connectivity index (χ3n) is 3.46. The molecular weight excluding hydrogens is 244 g/mol. The number of anilines is 1. The van der Waals surface area contributed by atoms with Crippen LogP contribution in [-0.2, 0) is 0 Å². The van der Waals surface area contributed by atoms with E-state index in [0.29, 0.717) is 11.6 Å². The molecule has 0 spiro atoms. The topological polar surface area (TPSA) is 69.6 Å². The first-order valence-electron chi connectivity index (χ1n) is 6.42. The van der Waals surface area contributed by atoms with Crippen LogP contribution in [0.25, 0.3) is 0 Å². The van der Waals surface area contributed by atoms with Gasteiger partial charge < -0.3 is 15.3 Å². The molecule has 2 rings (SSSR count). The van der Waals surface area contributed by atoms with Crippen molar-refractivity contribution >= 4 is 17.7 Å². The summed E-state index contributed by atoms with van der Waals surface area (Å²) in [5.74, 6) is -0.389. The smallest absolute Gasteiger partial charge is 0.335 e. The van der Waals surface area contributed by atoms with E-state index in [4.69, 9.17) is 5.11 Å². The van der Waals surface area contributed by atoms with Crippen LogP contribution in [0.5, 0.6) is 0 Å². The van der Waals surface area contributed by atoms with E-state index >= 15 is 0 Å². The molecule has 19 heavy (non-hydrogen) atoms.